The normalized spacial score (nSPS) is 11.4. The van der Waals surface area contributed by atoms with E-state index in [1.54, 1.807) is 6.07 Å². The van der Waals surface area contributed by atoms with Crippen molar-refractivity contribution < 1.29 is 9.53 Å². The quantitative estimate of drug-likeness (QED) is 0.630. The van der Waals surface area contributed by atoms with E-state index in [2.05, 4.69) is 9.97 Å². The highest BCUT2D eigenvalue weighted by atomic mass is 35.5. The van der Waals surface area contributed by atoms with Gasteiger partial charge in [-0.2, -0.15) is 0 Å². The fraction of sp³-hybridized carbons (Fsp3) is 0.583. The zero-order valence-corrected chi connectivity index (χ0v) is 12.6. The first-order valence-electron chi connectivity index (χ1n) is 5.56. The molecular weight excluding hydrogens is 272 g/mol. The summed E-state index contributed by atoms with van der Waals surface area (Å²) < 4.78 is 5.20. The largest absolute Gasteiger partial charge is 0.459 e. The summed E-state index contributed by atoms with van der Waals surface area (Å²) in [6.45, 7) is 7.40. The van der Waals surface area contributed by atoms with Gasteiger partial charge in [0.05, 0.1) is 11.5 Å². The standard InChI is InChI=1S/C12H17ClN2O2S/c1-8-5-9(13)15-10(14-8)6-18-7-11(16)17-12(2,3)4/h5H,6-7H2,1-4H3. The van der Waals surface area contributed by atoms with Crippen LogP contribution in [0.25, 0.3) is 0 Å². The van der Waals surface area contributed by atoms with Crippen LogP contribution in [0, 0.1) is 6.92 Å². The van der Waals surface area contributed by atoms with Gasteiger partial charge in [0.15, 0.2) is 0 Å². The molecule has 18 heavy (non-hydrogen) atoms. The van der Waals surface area contributed by atoms with Crippen molar-refractivity contribution in [3.05, 3.63) is 22.7 Å². The molecule has 0 bridgehead atoms. The van der Waals surface area contributed by atoms with E-state index < -0.39 is 5.60 Å². The van der Waals surface area contributed by atoms with E-state index in [0.717, 1.165) is 5.69 Å². The maximum Gasteiger partial charge on any atom is 0.316 e. The van der Waals surface area contributed by atoms with Gasteiger partial charge in [-0.3, -0.25) is 4.79 Å². The number of halogens is 1. The van der Waals surface area contributed by atoms with Crippen LogP contribution in [-0.4, -0.2) is 27.3 Å². The molecule has 0 aromatic carbocycles. The Labute approximate surface area is 116 Å². The molecule has 0 amide bonds. The second-order valence-electron chi connectivity index (χ2n) is 4.83. The molecule has 0 aliphatic rings. The van der Waals surface area contributed by atoms with E-state index in [1.807, 2.05) is 27.7 Å². The number of aryl methyl sites for hydroxylation is 1. The lowest BCUT2D eigenvalue weighted by molar-refractivity contribution is -0.151. The average Bonchev–Trinajstić information content (AvgIpc) is 2.12. The molecule has 100 valence electrons. The highest BCUT2D eigenvalue weighted by molar-refractivity contribution is 7.99. The zero-order valence-electron chi connectivity index (χ0n) is 11.0. The number of nitrogens with zero attached hydrogens (tertiary/aromatic N) is 2. The summed E-state index contributed by atoms with van der Waals surface area (Å²) >= 11 is 7.24. The highest BCUT2D eigenvalue weighted by Gasteiger charge is 2.16. The molecule has 0 aliphatic carbocycles. The first kappa shape index (κ1) is 15.2. The Kier molecular flexibility index (Phi) is 5.41. The van der Waals surface area contributed by atoms with Crippen LogP contribution < -0.4 is 0 Å². The molecule has 6 heteroatoms. The molecule has 0 N–H and O–H groups in total. The summed E-state index contributed by atoms with van der Waals surface area (Å²) in [5, 5.41) is 0.426. The molecule has 4 nitrogen and oxygen atoms in total. The van der Waals surface area contributed by atoms with Crippen molar-refractivity contribution in [1.29, 1.82) is 0 Å². The van der Waals surface area contributed by atoms with E-state index in [1.165, 1.54) is 11.8 Å². The maximum atomic E-state index is 11.5. The number of aromatic nitrogens is 2. The van der Waals surface area contributed by atoms with Crippen LogP contribution >= 0.6 is 23.4 Å². The molecule has 0 saturated heterocycles. The summed E-state index contributed by atoms with van der Waals surface area (Å²) in [5.41, 5.74) is 0.378. The molecule has 0 unspecified atom stereocenters. The number of hydrogen-bond acceptors (Lipinski definition) is 5. The first-order valence-corrected chi connectivity index (χ1v) is 7.09. The predicted octanol–water partition coefficient (Wildman–Crippen LogP) is 3.01. The molecule has 0 aliphatic heterocycles. The summed E-state index contributed by atoms with van der Waals surface area (Å²) in [7, 11) is 0. The Bertz CT molecular complexity index is 412. The van der Waals surface area contributed by atoms with Gasteiger partial charge in [0, 0.05) is 5.69 Å². The predicted molar refractivity (Wildman–Crippen MR) is 73.8 cm³/mol. The Hall–Kier alpha value is -0.810. The first-order chi connectivity index (χ1) is 8.26. The monoisotopic (exact) mass is 288 g/mol. The zero-order chi connectivity index (χ0) is 13.8. The van der Waals surface area contributed by atoms with Crippen molar-refractivity contribution in [2.45, 2.75) is 39.0 Å². The van der Waals surface area contributed by atoms with Crippen LogP contribution in [0.15, 0.2) is 6.07 Å². The van der Waals surface area contributed by atoms with Gasteiger partial charge in [0.25, 0.3) is 0 Å². The summed E-state index contributed by atoms with van der Waals surface area (Å²) in [6, 6.07) is 1.70. The Morgan fingerprint density at radius 2 is 2.11 bits per heavy atom. The van der Waals surface area contributed by atoms with E-state index in [4.69, 9.17) is 16.3 Å². The number of carbonyl (C=O) groups is 1. The van der Waals surface area contributed by atoms with Gasteiger partial charge in [-0.15, -0.1) is 11.8 Å². The lowest BCUT2D eigenvalue weighted by atomic mass is 10.2. The second-order valence-corrected chi connectivity index (χ2v) is 6.20. The molecular formula is C12H17ClN2O2S. The van der Waals surface area contributed by atoms with Gasteiger partial charge in [-0.1, -0.05) is 11.6 Å². The number of hydrogen-bond donors (Lipinski definition) is 0. The van der Waals surface area contributed by atoms with E-state index in [-0.39, 0.29) is 11.7 Å². The van der Waals surface area contributed by atoms with E-state index in [0.29, 0.717) is 16.7 Å². The van der Waals surface area contributed by atoms with Crippen LogP contribution in [0.4, 0.5) is 0 Å². The third kappa shape index (κ3) is 6.21. The molecule has 0 saturated carbocycles. The van der Waals surface area contributed by atoms with Crippen LogP contribution in [-0.2, 0) is 15.3 Å². The van der Waals surface area contributed by atoms with Crippen molar-refractivity contribution in [2.24, 2.45) is 0 Å². The number of rotatable bonds is 4. The SMILES string of the molecule is Cc1cc(Cl)nc(CSCC(=O)OC(C)(C)C)n1. The van der Waals surface area contributed by atoms with Crippen molar-refractivity contribution in [3.63, 3.8) is 0 Å². The summed E-state index contributed by atoms with van der Waals surface area (Å²) in [6.07, 6.45) is 0. The van der Waals surface area contributed by atoms with Crippen molar-refractivity contribution >= 4 is 29.3 Å². The number of carbonyl (C=O) groups excluding carboxylic acids is 1. The number of esters is 1. The fourth-order valence-corrected chi connectivity index (χ4v) is 2.14. The lowest BCUT2D eigenvalue weighted by Crippen LogP contribution is -2.25. The van der Waals surface area contributed by atoms with Gasteiger partial charge >= 0.3 is 5.97 Å². The topological polar surface area (TPSA) is 52.1 Å². The van der Waals surface area contributed by atoms with Gasteiger partial charge in [0.1, 0.15) is 16.6 Å². The van der Waals surface area contributed by atoms with Crippen LogP contribution in [0.5, 0.6) is 0 Å². The third-order valence-electron chi connectivity index (χ3n) is 1.74. The molecule has 1 heterocycles. The second kappa shape index (κ2) is 6.38. The Balaban J connectivity index is 2.40. The van der Waals surface area contributed by atoms with Crippen LogP contribution in [0.1, 0.15) is 32.3 Å². The number of ether oxygens (including phenoxy) is 1. The minimum Gasteiger partial charge on any atom is -0.459 e. The van der Waals surface area contributed by atoms with E-state index in [9.17, 15) is 4.79 Å². The molecule has 1 aromatic heterocycles. The highest BCUT2D eigenvalue weighted by Crippen LogP contribution is 2.14. The Morgan fingerprint density at radius 1 is 1.44 bits per heavy atom. The van der Waals surface area contributed by atoms with Gasteiger partial charge in [0.2, 0.25) is 0 Å². The molecule has 0 radical (unpaired) electrons. The molecule has 0 atom stereocenters. The maximum absolute atomic E-state index is 11.5. The van der Waals surface area contributed by atoms with Crippen molar-refractivity contribution in [2.75, 3.05) is 5.75 Å². The van der Waals surface area contributed by atoms with E-state index >= 15 is 0 Å². The minimum atomic E-state index is -0.444. The average molecular weight is 289 g/mol. The van der Waals surface area contributed by atoms with Gasteiger partial charge in [-0.25, -0.2) is 9.97 Å². The van der Waals surface area contributed by atoms with Gasteiger partial charge < -0.3 is 4.74 Å². The van der Waals surface area contributed by atoms with Gasteiger partial charge in [-0.05, 0) is 33.8 Å². The number of thioether (sulfide) groups is 1. The summed E-state index contributed by atoms with van der Waals surface area (Å²) in [4.78, 5) is 19.8. The van der Waals surface area contributed by atoms with Crippen LogP contribution in [0.2, 0.25) is 5.15 Å². The smallest absolute Gasteiger partial charge is 0.316 e. The lowest BCUT2D eigenvalue weighted by Gasteiger charge is -2.19. The van der Waals surface area contributed by atoms with Crippen molar-refractivity contribution in [1.82, 2.24) is 9.97 Å². The minimum absolute atomic E-state index is 0.230. The molecule has 1 aromatic rings. The molecule has 1 rings (SSSR count). The summed E-state index contributed by atoms with van der Waals surface area (Å²) in [5.74, 6) is 1.23. The molecule has 0 spiro atoms. The fourth-order valence-electron chi connectivity index (χ4n) is 1.25. The third-order valence-corrected chi connectivity index (χ3v) is 2.84. The van der Waals surface area contributed by atoms with Crippen molar-refractivity contribution in [3.8, 4) is 0 Å². The van der Waals surface area contributed by atoms with Crippen LogP contribution in [0.3, 0.4) is 0 Å². The molecule has 0 fully saturated rings. The Morgan fingerprint density at radius 3 is 2.67 bits per heavy atom.